The number of carbonyl (C=O) groups is 2. The van der Waals surface area contributed by atoms with Crippen molar-refractivity contribution in [2.75, 3.05) is 44.9 Å². The molecule has 0 spiro atoms. The molecule has 1 fully saturated rings. The van der Waals surface area contributed by atoms with E-state index in [1.54, 1.807) is 12.0 Å². The van der Waals surface area contributed by atoms with Crippen molar-refractivity contribution < 1.29 is 23.8 Å². The first-order valence-electron chi connectivity index (χ1n) is 6.55. The molecule has 1 aromatic heterocycles. The first kappa shape index (κ1) is 15.7. The van der Waals surface area contributed by atoms with Crippen molar-refractivity contribution >= 4 is 28.3 Å². The van der Waals surface area contributed by atoms with Crippen molar-refractivity contribution in [2.24, 2.45) is 0 Å². The van der Waals surface area contributed by atoms with E-state index in [0.29, 0.717) is 19.8 Å². The van der Waals surface area contributed by atoms with Gasteiger partial charge in [-0.1, -0.05) is 0 Å². The van der Waals surface area contributed by atoms with Crippen LogP contribution in [0.4, 0.5) is 9.80 Å². The molecule has 1 aromatic rings. The molecule has 2 rings (SSSR count). The summed E-state index contributed by atoms with van der Waals surface area (Å²) in [5, 5.41) is 5.42. The molecule has 0 bridgehead atoms. The topological polar surface area (TPSA) is 77.1 Å². The van der Waals surface area contributed by atoms with Crippen LogP contribution >= 0.6 is 11.3 Å². The summed E-state index contributed by atoms with van der Waals surface area (Å²) in [6, 6.07) is 3.73. The van der Waals surface area contributed by atoms with Crippen LogP contribution in [0.2, 0.25) is 0 Å². The Bertz CT molecular complexity index is 465. The normalized spacial score (nSPS) is 17.9. The molecule has 2 amide bonds. The zero-order valence-electron chi connectivity index (χ0n) is 11.7. The third-order valence-corrected chi connectivity index (χ3v) is 3.73. The molecule has 7 nitrogen and oxygen atoms in total. The van der Waals surface area contributed by atoms with Crippen LogP contribution in [0, 0.1) is 0 Å². The van der Waals surface area contributed by atoms with Crippen LogP contribution in [0.1, 0.15) is 0 Å². The summed E-state index contributed by atoms with van der Waals surface area (Å²) in [6.07, 6.45) is -0.726. The molecule has 1 unspecified atom stereocenters. The van der Waals surface area contributed by atoms with Gasteiger partial charge in [-0.25, -0.2) is 4.79 Å². The summed E-state index contributed by atoms with van der Waals surface area (Å²) in [4.78, 5) is 24.8. The van der Waals surface area contributed by atoms with Gasteiger partial charge < -0.3 is 19.5 Å². The van der Waals surface area contributed by atoms with Crippen LogP contribution in [-0.2, 0) is 19.0 Å². The monoisotopic (exact) mass is 314 g/mol. The van der Waals surface area contributed by atoms with Gasteiger partial charge in [-0.2, -0.15) is 0 Å². The third kappa shape index (κ3) is 4.69. The fourth-order valence-corrected chi connectivity index (χ4v) is 2.55. The number of anilines is 1. The van der Waals surface area contributed by atoms with Crippen molar-refractivity contribution in [2.45, 2.75) is 6.10 Å². The van der Waals surface area contributed by atoms with E-state index in [4.69, 9.17) is 14.2 Å². The van der Waals surface area contributed by atoms with Gasteiger partial charge in [-0.05, 0) is 17.5 Å². The first-order valence-corrected chi connectivity index (χ1v) is 7.43. The number of rotatable bonds is 8. The Balaban J connectivity index is 1.68. The number of thiophene rings is 1. The highest BCUT2D eigenvalue weighted by atomic mass is 32.1. The van der Waals surface area contributed by atoms with E-state index in [9.17, 15) is 9.59 Å². The number of carbonyl (C=O) groups excluding carboxylic acids is 2. The van der Waals surface area contributed by atoms with Crippen molar-refractivity contribution in [3.05, 3.63) is 17.5 Å². The Morgan fingerprint density at radius 3 is 3.14 bits per heavy atom. The van der Waals surface area contributed by atoms with Crippen molar-refractivity contribution in [3.8, 4) is 0 Å². The molecule has 8 heteroatoms. The van der Waals surface area contributed by atoms with Crippen LogP contribution in [0.3, 0.4) is 0 Å². The Labute approximate surface area is 126 Å². The van der Waals surface area contributed by atoms with Gasteiger partial charge in [-0.15, -0.1) is 11.3 Å². The SMILES string of the molecule is COCCOCC(=O)NCC1CN(c2cccs2)C(=O)O1. The lowest BCUT2D eigenvalue weighted by molar-refractivity contribution is -0.126. The van der Waals surface area contributed by atoms with Gasteiger partial charge in [0.2, 0.25) is 5.91 Å². The summed E-state index contributed by atoms with van der Waals surface area (Å²) in [7, 11) is 1.57. The molecule has 116 valence electrons. The van der Waals surface area contributed by atoms with Crippen LogP contribution in [0.25, 0.3) is 0 Å². The minimum absolute atomic E-state index is 0.0291. The average molecular weight is 314 g/mol. The van der Waals surface area contributed by atoms with Gasteiger partial charge in [0.25, 0.3) is 0 Å². The van der Waals surface area contributed by atoms with Gasteiger partial charge in [-0.3, -0.25) is 9.69 Å². The predicted molar refractivity (Wildman–Crippen MR) is 77.6 cm³/mol. The number of nitrogens with zero attached hydrogens (tertiary/aromatic N) is 1. The van der Waals surface area contributed by atoms with E-state index in [0.717, 1.165) is 5.00 Å². The molecule has 0 aromatic carbocycles. The van der Waals surface area contributed by atoms with Gasteiger partial charge in [0.1, 0.15) is 17.7 Å². The summed E-state index contributed by atoms with van der Waals surface area (Å²) in [5.41, 5.74) is 0. The van der Waals surface area contributed by atoms with Crippen LogP contribution < -0.4 is 10.2 Å². The molecule has 1 atom stereocenters. The smallest absolute Gasteiger partial charge is 0.415 e. The van der Waals surface area contributed by atoms with E-state index in [1.165, 1.54) is 11.3 Å². The average Bonchev–Trinajstić information content (AvgIpc) is 3.10. The molecule has 21 heavy (non-hydrogen) atoms. The minimum Gasteiger partial charge on any atom is -0.442 e. The Morgan fingerprint density at radius 1 is 1.57 bits per heavy atom. The molecule has 1 aliphatic rings. The maximum absolute atomic E-state index is 11.7. The molecule has 0 aliphatic carbocycles. The standard InChI is InChI=1S/C13H18N2O5S/c1-18-4-5-19-9-11(16)14-7-10-8-15(13(17)20-10)12-3-2-6-21-12/h2-3,6,10H,4-5,7-9H2,1H3,(H,14,16). The van der Waals surface area contributed by atoms with Crippen LogP contribution in [-0.4, -0.2) is 58.1 Å². The molecule has 0 radical (unpaired) electrons. The fourth-order valence-electron chi connectivity index (χ4n) is 1.82. The zero-order valence-corrected chi connectivity index (χ0v) is 12.6. The van der Waals surface area contributed by atoms with Crippen molar-refractivity contribution in [1.29, 1.82) is 0 Å². The largest absolute Gasteiger partial charge is 0.442 e. The van der Waals surface area contributed by atoms with Crippen molar-refractivity contribution in [1.82, 2.24) is 5.32 Å². The number of hydrogen-bond acceptors (Lipinski definition) is 6. The molecular formula is C13H18N2O5S. The van der Waals surface area contributed by atoms with Crippen molar-refractivity contribution in [3.63, 3.8) is 0 Å². The Morgan fingerprint density at radius 2 is 2.43 bits per heavy atom. The first-order chi connectivity index (χ1) is 10.2. The number of amides is 2. The lowest BCUT2D eigenvalue weighted by Gasteiger charge is -2.11. The number of nitrogens with one attached hydrogen (secondary N) is 1. The highest BCUT2D eigenvalue weighted by molar-refractivity contribution is 7.14. The Kier molecular flexibility index (Phi) is 5.97. The van der Waals surface area contributed by atoms with Gasteiger partial charge in [0, 0.05) is 7.11 Å². The van der Waals surface area contributed by atoms with Gasteiger partial charge in [0.05, 0.1) is 26.3 Å². The third-order valence-electron chi connectivity index (χ3n) is 2.84. The maximum atomic E-state index is 11.7. The van der Waals surface area contributed by atoms with Crippen LogP contribution in [0.5, 0.6) is 0 Å². The Hall–Kier alpha value is -1.64. The highest BCUT2D eigenvalue weighted by Gasteiger charge is 2.32. The number of hydrogen-bond donors (Lipinski definition) is 1. The summed E-state index contributed by atoms with van der Waals surface area (Å²) in [6.45, 7) is 1.50. The van der Waals surface area contributed by atoms with E-state index in [1.807, 2.05) is 17.5 Å². The number of ether oxygens (including phenoxy) is 3. The lowest BCUT2D eigenvalue weighted by atomic mass is 10.3. The van der Waals surface area contributed by atoms with Gasteiger partial charge in [0.15, 0.2) is 0 Å². The fraction of sp³-hybridized carbons (Fsp3) is 0.538. The zero-order chi connectivity index (χ0) is 15.1. The second-order valence-electron chi connectivity index (χ2n) is 4.42. The summed E-state index contributed by atoms with van der Waals surface area (Å²) in [5.74, 6) is -0.239. The second-order valence-corrected chi connectivity index (χ2v) is 5.34. The second kappa shape index (κ2) is 7.96. The predicted octanol–water partition coefficient (Wildman–Crippen LogP) is 0.853. The maximum Gasteiger partial charge on any atom is 0.415 e. The lowest BCUT2D eigenvalue weighted by Crippen LogP contribution is -2.36. The molecule has 1 aliphatic heterocycles. The number of methoxy groups -OCH3 is 1. The molecule has 1 saturated heterocycles. The number of cyclic esters (lactones) is 1. The quantitative estimate of drug-likeness (QED) is 0.720. The van der Waals surface area contributed by atoms with Crippen LogP contribution in [0.15, 0.2) is 17.5 Å². The molecule has 0 saturated carbocycles. The summed E-state index contributed by atoms with van der Waals surface area (Å²) >= 11 is 1.47. The van der Waals surface area contributed by atoms with E-state index in [-0.39, 0.29) is 31.3 Å². The summed E-state index contributed by atoms with van der Waals surface area (Å²) < 4.78 is 15.1. The molecule has 1 N–H and O–H groups in total. The molecule has 2 heterocycles. The van der Waals surface area contributed by atoms with Gasteiger partial charge >= 0.3 is 6.09 Å². The van der Waals surface area contributed by atoms with E-state index >= 15 is 0 Å². The van der Waals surface area contributed by atoms with E-state index in [2.05, 4.69) is 5.32 Å². The highest BCUT2D eigenvalue weighted by Crippen LogP contribution is 2.25. The molecular weight excluding hydrogens is 296 g/mol. The van der Waals surface area contributed by atoms with E-state index < -0.39 is 0 Å². The minimum atomic E-state index is -0.381.